The van der Waals surface area contributed by atoms with Gasteiger partial charge in [-0.25, -0.2) is 0 Å². The molecule has 0 bridgehead atoms. The largest absolute Gasteiger partial charge is 0.351 e. The van der Waals surface area contributed by atoms with E-state index in [1.54, 1.807) is 0 Å². The zero-order valence-corrected chi connectivity index (χ0v) is 12.8. The fourth-order valence-corrected chi connectivity index (χ4v) is 2.30. The quantitative estimate of drug-likeness (QED) is 0.677. The number of hydrogen-bond acceptors (Lipinski definition) is 3. The number of nitro groups is 1. The molecule has 0 saturated carbocycles. The molecular weight excluding hydrogens is 304 g/mol. The van der Waals surface area contributed by atoms with Gasteiger partial charge in [-0.3, -0.25) is 14.9 Å². The smallest absolute Gasteiger partial charge is 0.282 e. The molecule has 0 heterocycles. The highest BCUT2D eigenvalue weighted by Crippen LogP contribution is 2.22. The van der Waals surface area contributed by atoms with Crippen molar-refractivity contribution in [3.8, 4) is 0 Å². The van der Waals surface area contributed by atoms with E-state index in [1.165, 1.54) is 18.2 Å². The summed E-state index contributed by atoms with van der Waals surface area (Å²) in [4.78, 5) is 22.5. The number of nitro benzene ring substituents is 1. The number of rotatable bonds is 5. The molecule has 0 aliphatic carbocycles. The van der Waals surface area contributed by atoms with Gasteiger partial charge >= 0.3 is 0 Å². The molecule has 6 heteroatoms. The van der Waals surface area contributed by atoms with Crippen LogP contribution in [0.25, 0.3) is 0 Å². The Morgan fingerprint density at radius 3 is 2.73 bits per heavy atom. The molecule has 0 unspecified atom stereocenters. The van der Waals surface area contributed by atoms with Crippen LogP contribution in [0, 0.1) is 17.0 Å². The summed E-state index contributed by atoms with van der Waals surface area (Å²) in [5.74, 6) is -0.498. The molecule has 114 valence electrons. The van der Waals surface area contributed by atoms with Crippen molar-refractivity contribution in [3.05, 3.63) is 74.3 Å². The SMILES string of the molecule is Cc1cccc(CCNC(=O)c2cc(Cl)ccc2[N+](=O)[O-])c1. The van der Waals surface area contributed by atoms with E-state index in [1.807, 2.05) is 31.2 Å². The highest BCUT2D eigenvalue weighted by atomic mass is 35.5. The van der Waals surface area contributed by atoms with Gasteiger partial charge in [0.2, 0.25) is 0 Å². The molecule has 1 N–H and O–H groups in total. The van der Waals surface area contributed by atoms with Gasteiger partial charge in [0.15, 0.2) is 0 Å². The molecule has 5 nitrogen and oxygen atoms in total. The minimum absolute atomic E-state index is 0.0262. The van der Waals surface area contributed by atoms with Gasteiger partial charge in [-0.05, 0) is 31.0 Å². The average Bonchev–Trinajstić information content (AvgIpc) is 2.46. The van der Waals surface area contributed by atoms with Crippen molar-refractivity contribution >= 4 is 23.2 Å². The second kappa shape index (κ2) is 7.04. The molecule has 0 spiro atoms. The number of nitrogens with one attached hydrogen (secondary N) is 1. The third kappa shape index (κ3) is 4.05. The van der Waals surface area contributed by atoms with E-state index < -0.39 is 10.8 Å². The van der Waals surface area contributed by atoms with Crippen molar-refractivity contribution in [2.75, 3.05) is 6.54 Å². The molecular formula is C16H15ClN2O3. The Bertz CT molecular complexity index is 716. The fraction of sp³-hybridized carbons (Fsp3) is 0.188. The van der Waals surface area contributed by atoms with Gasteiger partial charge in [-0.1, -0.05) is 41.4 Å². The Morgan fingerprint density at radius 1 is 1.27 bits per heavy atom. The van der Waals surface area contributed by atoms with Crippen LogP contribution in [0.2, 0.25) is 5.02 Å². The van der Waals surface area contributed by atoms with Crippen molar-refractivity contribution in [1.29, 1.82) is 0 Å². The van der Waals surface area contributed by atoms with Gasteiger partial charge in [-0.2, -0.15) is 0 Å². The van der Waals surface area contributed by atoms with Gasteiger partial charge in [0.1, 0.15) is 5.56 Å². The summed E-state index contributed by atoms with van der Waals surface area (Å²) in [7, 11) is 0. The normalized spacial score (nSPS) is 10.3. The summed E-state index contributed by atoms with van der Waals surface area (Å²) in [6.07, 6.45) is 0.655. The molecule has 0 saturated heterocycles. The number of carbonyl (C=O) groups excluding carboxylic acids is 1. The van der Waals surface area contributed by atoms with E-state index in [0.717, 1.165) is 11.1 Å². The zero-order valence-electron chi connectivity index (χ0n) is 12.0. The summed E-state index contributed by atoms with van der Waals surface area (Å²) in [5, 5.41) is 13.9. The van der Waals surface area contributed by atoms with E-state index in [4.69, 9.17) is 11.6 Å². The molecule has 2 rings (SSSR count). The topological polar surface area (TPSA) is 72.2 Å². The molecule has 2 aromatic rings. The maximum Gasteiger partial charge on any atom is 0.282 e. The third-order valence-electron chi connectivity index (χ3n) is 3.18. The van der Waals surface area contributed by atoms with Crippen molar-refractivity contribution in [1.82, 2.24) is 5.32 Å². The highest BCUT2D eigenvalue weighted by molar-refractivity contribution is 6.31. The molecule has 0 aliphatic heterocycles. The van der Waals surface area contributed by atoms with Crippen LogP contribution in [0.4, 0.5) is 5.69 Å². The molecule has 0 atom stereocenters. The second-order valence-electron chi connectivity index (χ2n) is 4.91. The number of nitrogens with zero attached hydrogens (tertiary/aromatic N) is 1. The van der Waals surface area contributed by atoms with Crippen molar-refractivity contribution in [2.24, 2.45) is 0 Å². The van der Waals surface area contributed by atoms with Crippen LogP contribution in [0.3, 0.4) is 0 Å². The first-order valence-electron chi connectivity index (χ1n) is 6.75. The number of amides is 1. The van der Waals surface area contributed by atoms with Gasteiger partial charge in [-0.15, -0.1) is 0 Å². The second-order valence-corrected chi connectivity index (χ2v) is 5.35. The van der Waals surface area contributed by atoms with Gasteiger partial charge in [0, 0.05) is 17.6 Å². The fourth-order valence-electron chi connectivity index (χ4n) is 2.13. The van der Waals surface area contributed by atoms with Crippen LogP contribution in [0.1, 0.15) is 21.5 Å². The van der Waals surface area contributed by atoms with Crippen LogP contribution in [0.5, 0.6) is 0 Å². The average molecular weight is 319 g/mol. The van der Waals surface area contributed by atoms with E-state index in [2.05, 4.69) is 5.32 Å². The molecule has 1 amide bonds. The molecule has 0 radical (unpaired) electrons. The molecule has 2 aromatic carbocycles. The maximum atomic E-state index is 12.1. The lowest BCUT2D eigenvalue weighted by atomic mass is 10.1. The molecule has 0 fully saturated rings. The van der Waals surface area contributed by atoms with Gasteiger partial charge in [0.05, 0.1) is 4.92 Å². The first-order chi connectivity index (χ1) is 10.5. The van der Waals surface area contributed by atoms with Crippen molar-refractivity contribution in [3.63, 3.8) is 0 Å². The lowest BCUT2D eigenvalue weighted by Gasteiger charge is -2.07. The summed E-state index contributed by atoms with van der Waals surface area (Å²) in [5.41, 5.74) is 1.97. The van der Waals surface area contributed by atoms with E-state index >= 15 is 0 Å². The van der Waals surface area contributed by atoms with Crippen LogP contribution in [-0.2, 0) is 6.42 Å². The predicted molar refractivity (Wildman–Crippen MR) is 85.3 cm³/mol. The Morgan fingerprint density at radius 2 is 2.05 bits per heavy atom. The minimum Gasteiger partial charge on any atom is -0.351 e. The van der Waals surface area contributed by atoms with Crippen LogP contribution >= 0.6 is 11.6 Å². The summed E-state index contributed by atoms with van der Waals surface area (Å²) in [6.45, 7) is 2.39. The van der Waals surface area contributed by atoms with Crippen molar-refractivity contribution < 1.29 is 9.72 Å². The lowest BCUT2D eigenvalue weighted by Crippen LogP contribution is -2.26. The number of aryl methyl sites for hydroxylation is 1. The first-order valence-corrected chi connectivity index (χ1v) is 7.13. The Balaban J connectivity index is 2.03. The number of hydrogen-bond donors (Lipinski definition) is 1. The zero-order chi connectivity index (χ0) is 16.1. The summed E-state index contributed by atoms with van der Waals surface area (Å²) >= 11 is 5.81. The number of carbonyl (C=O) groups is 1. The van der Waals surface area contributed by atoms with E-state index in [-0.39, 0.29) is 16.3 Å². The third-order valence-corrected chi connectivity index (χ3v) is 3.42. The van der Waals surface area contributed by atoms with Gasteiger partial charge < -0.3 is 5.32 Å². The Hall–Kier alpha value is -2.40. The molecule has 0 aromatic heterocycles. The van der Waals surface area contributed by atoms with Crippen LogP contribution in [0.15, 0.2) is 42.5 Å². The van der Waals surface area contributed by atoms with Crippen LogP contribution < -0.4 is 5.32 Å². The predicted octanol–water partition coefficient (Wildman–Crippen LogP) is 3.53. The minimum atomic E-state index is -0.591. The summed E-state index contributed by atoms with van der Waals surface area (Å²) in [6, 6.07) is 11.9. The molecule has 0 aliphatic rings. The first kappa shape index (κ1) is 16.0. The standard InChI is InChI=1S/C16H15ClN2O3/c1-11-3-2-4-12(9-11)7-8-18-16(20)14-10-13(17)5-6-15(14)19(21)22/h2-6,9-10H,7-8H2,1H3,(H,18,20). The van der Waals surface area contributed by atoms with E-state index in [0.29, 0.717) is 13.0 Å². The maximum absolute atomic E-state index is 12.1. The Kier molecular flexibility index (Phi) is 5.12. The number of benzene rings is 2. The highest BCUT2D eigenvalue weighted by Gasteiger charge is 2.20. The Labute approximate surface area is 133 Å². The van der Waals surface area contributed by atoms with Gasteiger partial charge in [0.25, 0.3) is 11.6 Å². The van der Waals surface area contributed by atoms with Crippen LogP contribution in [-0.4, -0.2) is 17.4 Å². The van der Waals surface area contributed by atoms with E-state index in [9.17, 15) is 14.9 Å². The lowest BCUT2D eigenvalue weighted by molar-refractivity contribution is -0.385. The molecule has 22 heavy (non-hydrogen) atoms. The van der Waals surface area contributed by atoms with Crippen molar-refractivity contribution in [2.45, 2.75) is 13.3 Å². The monoisotopic (exact) mass is 318 g/mol. The number of halogens is 1. The summed E-state index contributed by atoms with van der Waals surface area (Å²) < 4.78 is 0.